The number of nitrogens with zero attached hydrogens (tertiary/aromatic N) is 3. The summed E-state index contributed by atoms with van der Waals surface area (Å²) in [4.78, 5) is 23.2. The molecule has 0 unspecified atom stereocenters. The Morgan fingerprint density at radius 3 is 2.55 bits per heavy atom. The molecule has 0 radical (unpaired) electrons. The van der Waals surface area contributed by atoms with Gasteiger partial charge >= 0.3 is 0 Å². The maximum absolute atomic E-state index is 12.3. The number of anilines is 1. The molecule has 1 saturated heterocycles. The fourth-order valence-electron chi connectivity index (χ4n) is 2.65. The SMILES string of the molecule is CN1CCC(C(=O)Nc2ccc(-c3ccccn3)nc2)CC1. The van der Waals surface area contributed by atoms with Crippen LogP contribution >= 0.6 is 0 Å². The molecule has 1 aliphatic heterocycles. The van der Waals surface area contributed by atoms with Crippen LogP contribution in [0.1, 0.15) is 12.8 Å². The Morgan fingerprint density at radius 1 is 1.14 bits per heavy atom. The summed E-state index contributed by atoms with van der Waals surface area (Å²) in [6.45, 7) is 1.96. The molecule has 2 aromatic rings. The van der Waals surface area contributed by atoms with E-state index >= 15 is 0 Å². The number of rotatable bonds is 3. The molecule has 0 aliphatic carbocycles. The number of pyridine rings is 2. The van der Waals surface area contributed by atoms with Crippen LogP contribution in [0.15, 0.2) is 42.7 Å². The van der Waals surface area contributed by atoms with Gasteiger partial charge in [-0.2, -0.15) is 0 Å². The van der Waals surface area contributed by atoms with Crippen molar-refractivity contribution in [1.29, 1.82) is 0 Å². The largest absolute Gasteiger partial charge is 0.324 e. The van der Waals surface area contributed by atoms with Crippen molar-refractivity contribution in [3.05, 3.63) is 42.7 Å². The number of amides is 1. The standard InChI is InChI=1S/C17H20N4O/c1-21-10-7-13(8-11-21)17(22)20-14-5-6-16(19-12-14)15-4-2-3-9-18-15/h2-6,9,12-13H,7-8,10-11H2,1H3,(H,20,22). The van der Waals surface area contributed by atoms with Gasteiger partial charge in [-0.25, -0.2) is 0 Å². The van der Waals surface area contributed by atoms with E-state index in [1.807, 2.05) is 30.3 Å². The fraction of sp³-hybridized carbons (Fsp3) is 0.353. The van der Waals surface area contributed by atoms with Gasteiger partial charge in [-0.1, -0.05) is 6.07 Å². The second-order valence-electron chi connectivity index (χ2n) is 5.71. The highest BCUT2D eigenvalue weighted by molar-refractivity contribution is 5.92. The van der Waals surface area contributed by atoms with Crippen LogP contribution in [0.2, 0.25) is 0 Å². The highest BCUT2D eigenvalue weighted by Crippen LogP contribution is 2.20. The van der Waals surface area contributed by atoms with Crippen LogP contribution < -0.4 is 5.32 Å². The Balaban J connectivity index is 1.62. The zero-order chi connectivity index (χ0) is 15.4. The van der Waals surface area contributed by atoms with Gasteiger partial charge in [0.05, 0.1) is 23.3 Å². The van der Waals surface area contributed by atoms with Crippen molar-refractivity contribution in [3.8, 4) is 11.4 Å². The van der Waals surface area contributed by atoms with Gasteiger partial charge in [0, 0.05) is 12.1 Å². The molecular weight excluding hydrogens is 276 g/mol. The van der Waals surface area contributed by atoms with Gasteiger partial charge in [0.1, 0.15) is 0 Å². The highest BCUT2D eigenvalue weighted by atomic mass is 16.1. The van der Waals surface area contributed by atoms with Crippen molar-refractivity contribution in [2.24, 2.45) is 5.92 Å². The molecule has 1 fully saturated rings. The van der Waals surface area contributed by atoms with E-state index in [-0.39, 0.29) is 11.8 Å². The summed E-state index contributed by atoms with van der Waals surface area (Å²) < 4.78 is 0. The molecule has 3 rings (SSSR count). The van der Waals surface area contributed by atoms with Gasteiger partial charge < -0.3 is 10.2 Å². The highest BCUT2D eigenvalue weighted by Gasteiger charge is 2.23. The molecule has 3 heterocycles. The van der Waals surface area contributed by atoms with E-state index < -0.39 is 0 Å². The Bertz CT molecular complexity index is 619. The molecule has 1 N–H and O–H groups in total. The van der Waals surface area contributed by atoms with E-state index in [4.69, 9.17) is 0 Å². The predicted molar refractivity (Wildman–Crippen MR) is 86.3 cm³/mol. The van der Waals surface area contributed by atoms with Crippen LogP contribution in [0.5, 0.6) is 0 Å². The number of likely N-dealkylation sites (tertiary alicyclic amines) is 1. The third kappa shape index (κ3) is 3.49. The van der Waals surface area contributed by atoms with Gasteiger partial charge in [0.15, 0.2) is 0 Å². The Morgan fingerprint density at radius 2 is 1.91 bits per heavy atom. The maximum atomic E-state index is 12.3. The average molecular weight is 296 g/mol. The van der Waals surface area contributed by atoms with Crippen molar-refractivity contribution < 1.29 is 4.79 Å². The second kappa shape index (κ2) is 6.66. The van der Waals surface area contributed by atoms with E-state index in [1.54, 1.807) is 12.4 Å². The Kier molecular flexibility index (Phi) is 4.44. The van der Waals surface area contributed by atoms with Crippen molar-refractivity contribution in [1.82, 2.24) is 14.9 Å². The number of aromatic nitrogens is 2. The van der Waals surface area contributed by atoms with Crippen molar-refractivity contribution in [2.75, 3.05) is 25.5 Å². The molecule has 1 aliphatic rings. The monoisotopic (exact) mass is 296 g/mol. The van der Waals surface area contributed by atoms with Gasteiger partial charge in [0.2, 0.25) is 5.91 Å². The summed E-state index contributed by atoms with van der Waals surface area (Å²) in [7, 11) is 2.09. The summed E-state index contributed by atoms with van der Waals surface area (Å²) in [5, 5.41) is 2.96. The maximum Gasteiger partial charge on any atom is 0.227 e. The topological polar surface area (TPSA) is 58.1 Å². The summed E-state index contributed by atoms with van der Waals surface area (Å²) in [6.07, 6.45) is 5.27. The summed E-state index contributed by atoms with van der Waals surface area (Å²) >= 11 is 0. The second-order valence-corrected chi connectivity index (χ2v) is 5.71. The van der Waals surface area contributed by atoms with Gasteiger partial charge in [-0.15, -0.1) is 0 Å². The van der Waals surface area contributed by atoms with E-state index in [2.05, 4.69) is 27.2 Å². The summed E-state index contributed by atoms with van der Waals surface area (Å²) in [5.74, 6) is 0.201. The van der Waals surface area contributed by atoms with E-state index in [0.717, 1.165) is 43.0 Å². The number of carbonyl (C=O) groups excluding carboxylic acids is 1. The van der Waals surface area contributed by atoms with E-state index in [9.17, 15) is 4.79 Å². The minimum atomic E-state index is 0.0977. The summed E-state index contributed by atoms with van der Waals surface area (Å²) in [6, 6.07) is 9.48. The Hall–Kier alpha value is -2.27. The van der Waals surface area contributed by atoms with Crippen molar-refractivity contribution >= 4 is 11.6 Å². The van der Waals surface area contributed by atoms with Crippen LogP contribution in [0.3, 0.4) is 0 Å². The lowest BCUT2D eigenvalue weighted by atomic mass is 9.96. The third-order valence-corrected chi connectivity index (χ3v) is 4.05. The van der Waals surface area contributed by atoms with E-state index in [1.165, 1.54) is 0 Å². The van der Waals surface area contributed by atoms with Crippen LogP contribution in [0.25, 0.3) is 11.4 Å². The quantitative estimate of drug-likeness (QED) is 0.945. The van der Waals surface area contributed by atoms with Gasteiger partial charge in [-0.3, -0.25) is 14.8 Å². The van der Waals surface area contributed by atoms with Crippen molar-refractivity contribution in [3.63, 3.8) is 0 Å². The lowest BCUT2D eigenvalue weighted by Gasteiger charge is -2.28. The molecular formula is C17H20N4O. The molecule has 0 atom stereocenters. The smallest absolute Gasteiger partial charge is 0.227 e. The molecule has 0 saturated carbocycles. The minimum Gasteiger partial charge on any atom is -0.324 e. The average Bonchev–Trinajstić information content (AvgIpc) is 2.57. The number of piperidine rings is 1. The molecule has 5 heteroatoms. The predicted octanol–water partition coefficient (Wildman–Crippen LogP) is 2.42. The third-order valence-electron chi connectivity index (χ3n) is 4.05. The molecule has 5 nitrogen and oxygen atoms in total. The molecule has 114 valence electrons. The zero-order valence-electron chi connectivity index (χ0n) is 12.7. The lowest BCUT2D eigenvalue weighted by Crippen LogP contribution is -2.35. The zero-order valence-corrected chi connectivity index (χ0v) is 12.7. The van der Waals surface area contributed by atoms with Crippen molar-refractivity contribution in [2.45, 2.75) is 12.8 Å². The summed E-state index contributed by atoms with van der Waals surface area (Å²) in [5.41, 5.74) is 2.37. The minimum absolute atomic E-state index is 0.0977. The first kappa shape index (κ1) is 14.7. The van der Waals surface area contributed by atoms with Crippen LogP contribution in [-0.2, 0) is 4.79 Å². The first-order chi connectivity index (χ1) is 10.7. The normalized spacial score (nSPS) is 16.4. The lowest BCUT2D eigenvalue weighted by molar-refractivity contribution is -0.121. The van der Waals surface area contributed by atoms with Crippen LogP contribution in [0, 0.1) is 5.92 Å². The molecule has 1 amide bonds. The number of hydrogen-bond acceptors (Lipinski definition) is 4. The molecule has 0 bridgehead atoms. The number of nitrogens with one attached hydrogen (secondary N) is 1. The first-order valence-corrected chi connectivity index (χ1v) is 7.59. The molecule has 0 spiro atoms. The van der Waals surface area contributed by atoms with Gasteiger partial charge in [0.25, 0.3) is 0 Å². The molecule has 0 aromatic carbocycles. The first-order valence-electron chi connectivity index (χ1n) is 7.59. The van der Waals surface area contributed by atoms with Crippen LogP contribution in [-0.4, -0.2) is 40.9 Å². The fourth-order valence-corrected chi connectivity index (χ4v) is 2.65. The van der Waals surface area contributed by atoms with E-state index in [0.29, 0.717) is 0 Å². The Labute approximate surface area is 130 Å². The van der Waals surface area contributed by atoms with Crippen LogP contribution in [0.4, 0.5) is 5.69 Å². The number of hydrogen-bond donors (Lipinski definition) is 1. The number of carbonyl (C=O) groups is 1. The molecule has 2 aromatic heterocycles. The van der Waals surface area contributed by atoms with Gasteiger partial charge in [-0.05, 0) is 57.2 Å². The molecule has 22 heavy (non-hydrogen) atoms.